The first-order valence-corrected chi connectivity index (χ1v) is 11.6. The number of nitrogens with one attached hydrogen (secondary N) is 1. The number of sulfonamides is 1. The Morgan fingerprint density at radius 2 is 1.72 bits per heavy atom. The van der Waals surface area contributed by atoms with Crippen molar-refractivity contribution in [1.82, 2.24) is 5.32 Å². The second-order valence-corrected chi connectivity index (χ2v) is 9.29. The van der Waals surface area contributed by atoms with E-state index in [4.69, 9.17) is 16.3 Å². The minimum atomic E-state index is -3.68. The van der Waals surface area contributed by atoms with Crippen LogP contribution in [0.25, 0.3) is 0 Å². The molecule has 2 aromatic carbocycles. The molecule has 1 N–H and O–H groups in total. The molecule has 0 radical (unpaired) electrons. The first-order chi connectivity index (χ1) is 13.6. The van der Waals surface area contributed by atoms with Crippen LogP contribution < -0.4 is 14.4 Å². The van der Waals surface area contributed by atoms with Gasteiger partial charge in [0.15, 0.2) is 0 Å². The summed E-state index contributed by atoms with van der Waals surface area (Å²) in [5.74, 6) is 0.329. The average molecular weight is 439 g/mol. The first kappa shape index (κ1) is 23.0. The average Bonchev–Trinajstić information content (AvgIpc) is 2.65. The maximum atomic E-state index is 12.9. The molecular weight excluding hydrogens is 412 g/mol. The molecular formula is C21H27ClN2O4S. The highest BCUT2D eigenvalue weighted by atomic mass is 35.5. The zero-order valence-corrected chi connectivity index (χ0v) is 18.6. The van der Waals surface area contributed by atoms with Crippen LogP contribution in [0.2, 0.25) is 5.02 Å². The van der Waals surface area contributed by atoms with Gasteiger partial charge >= 0.3 is 0 Å². The summed E-state index contributed by atoms with van der Waals surface area (Å²) >= 11 is 5.91. The van der Waals surface area contributed by atoms with Crippen LogP contribution in [-0.4, -0.2) is 39.3 Å². The fourth-order valence-corrected chi connectivity index (χ4v) is 4.22. The number of hydrogen-bond acceptors (Lipinski definition) is 4. The SMILES string of the molecule is CC[C@H](C(=O)N[C@H](C)COc1ccc(C)cc1)N(c1ccc(Cl)cc1)S(C)(=O)=O. The minimum absolute atomic E-state index is 0.269. The Hall–Kier alpha value is -2.25. The zero-order valence-electron chi connectivity index (χ0n) is 17.1. The number of halogens is 1. The van der Waals surface area contributed by atoms with E-state index >= 15 is 0 Å². The molecule has 2 aromatic rings. The van der Waals surface area contributed by atoms with Gasteiger partial charge in [-0.15, -0.1) is 0 Å². The second-order valence-electron chi connectivity index (χ2n) is 6.99. The number of anilines is 1. The van der Waals surface area contributed by atoms with Gasteiger partial charge in [0.2, 0.25) is 15.9 Å². The van der Waals surface area contributed by atoms with Gasteiger partial charge in [-0.2, -0.15) is 0 Å². The molecule has 158 valence electrons. The van der Waals surface area contributed by atoms with Gasteiger partial charge in [0.1, 0.15) is 18.4 Å². The van der Waals surface area contributed by atoms with Crippen molar-refractivity contribution in [1.29, 1.82) is 0 Å². The number of hydrogen-bond donors (Lipinski definition) is 1. The van der Waals surface area contributed by atoms with E-state index in [0.29, 0.717) is 22.9 Å². The summed E-state index contributed by atoms with van der Waals surface area (Å²) < 4.78 is 31.7. The third-order valence-electron chi connectivity index (χ3n) is 4.32. The lowest BCUT2D eigenvalue weighted by molar-refractivity contribution is -0.123. The molecule has 29 heavy (non-hydrogen) atoms. The molecule has 0 saturated carbocycles. The predicted molar refractivity (Wildman–Crippen MR) is 117 cm³/mol. The summed E-state index contributed by atoms with van der Waals surface area (Å²) in [6.45, 7) is 5.84. The fourth-order valence-electron chi connectivity index (χ4n) is 2.88. The monoisotopic (exact) mass is 438 g/mol. The van der Waals surface area contributed by atoms with Crippen molar-refractivity contribution in [3.05, 3.63) is 59.1 Å². The van der Waals surface area contributed by atoms with E-state index < -0.39 is 16.1 Å². The molecule has 0 aliphatic carbocycles. The van der Waals surface area contributed by atoms with Gasteiger partial charge in [0.25, 0.3) is 0 Å². The molecule has 0 unspecified atom stereocenters. The van der Waals surface area contributed by atoms with Crippen LogP contribution in [0.5, 0.6) is 5.75 Å². The fraction of sp³-hybridized carbons (Fsp3) is 0.381. The van der Waals surface area contributed by atoms with E-state index in [9.17, 15) is 13.2 Å². The Kier molecular flexibility index (Phi) is 7.93. The largest absolute Gasteiger partial charge is 0.491 e. The van der Waals surface area contributed by atoms with E-state index in [1.807, 2.05) is 38.1 Å². The third kappa shape index (κ3) is 6.65. The summed E-state index contributed by atoms with van der Waals surface area (Å²) in [6.07, 6.45) is 1.40. The summed E-state index contributed by atoms with van der Waals surface area (Å²) in [5, 5.41) is 3.34. The van der Waals surface area contributed by atoms with Gasteiger partial charge in [-0.1, -0.05) is 36.2 Å². The molecule has 0 aromatic heterocycles. The van der Waals surface area contributed by atoms with E-state index in [0.717, 1.165) is 16.1 Å². The highest BCUT2D eigenvalue weighted by Crippen LogP contribution is 2.24. The maximum absolute atomic E-state index is 12.9. The van der Waals surface area contributed by atoms with Crippen LogP contribution in [0.1, 0.15) is 25.8 Å². The van der Waals surface area contributed by atoms with Gasteiger partial charge in [-0.25, -0.2) is 8.42 Å². The third-order valence-corrected chi connectivity index (χ3v) is 5.75. The standard InChI is InChI=1S/C21H27ClN2O4S/c1-5-20(24(29(4,26)27)18-10-8-17(22)9-11-18)21(25)23-16(3)14-28-19-12-6-15(2)7-13-19/h6-13,16,20H,5,14H2,1-4H3,(H,23,25)/t16-,20-/m1/s1. The van der Waals surface area contributed by atoms with Gasteiger partial charge in [0, 0.05) is 5.02 Å². The number of rotatable bonds is 9. The molecule has 0 heterocycles. The lowest BCUT2D eigenvalue weighted by Crippen LogP contribution is -2.52. The van der Waals surface area contributed by atoms with Crippen molar-refractivity contribution in [2.24, 2.45) is 0 Å². The van der Waals surface area contributed by atoms with Crippen molar-refractivity contribution in [2.45, 2.75) is 39.3 Å². The number of carbonyl (C=O) groups is 1. The number of nitrogens with zero attached hydrogens (tertiary/aromatic N) is 1. The zero-order chi connectivity index (χ0) is 21.6. The molecule has 8 heteroatoms. The summed E-state index contributed by atoms with van der Waals surface area (Å²) in [6, 6.07) is 12.8. The molecule has 2 rings (SSSR count). The van der Waals surface area contributed by atoms with Crippen molar-refractivity contribution >= 4 is 33.2 Å². The van der Waals surface area contributed by atoms with E-state index in [1.165, 1.54) is 0 Å². The lowest BCUT2D eigenvalue weighted by Gasteiger charge is -2.31. The molecule has 2 atom stereocenters. The van der Waals surface area contributed by atoms with E-state index in [-0.39, 0.29) is 18.6 Å². The summed E-state index contributed by atoms with van der Waals surface area (Å²) in [5.41, 5.74) is 1.52. The molecule has 0 aliphatic heterocycles. The molecule has 1 amide bonds. The quantitative estimate of drug-likeness (QED) is 0.646. The summed E-state index contributed by atoms with van der Waals surface area (Å²) in [4.78, 5) is 12.9. The van der Waals surface area contributed by atoms with Crippen LogP contribution in [0.4, 0.5) is 5.69 Å². The predicted octanol–water partition coefficient (Wildman–Crippen LogP) is 3.78. The molecule has 6 nitrogen and oxygen atoms in total. The van der Waals surface area contributed by atoms with E-state index in [1.54, 1.807) is 31.2 Å². The summed E-state index contributed by atoms with van der Waals surface area (Å²) in [7, 11) is -3.68. The van der Waals surface area contributed by atoms with Crippen LogP contribution in [0.15, 0.2) is 48.5 Å². The Labute approximate surface area is 177 Å². The van der Waals surface area contributed by atoms with E-state index in [2.05, 4.69) is 5.32 Å². The Morgan fingerprint density at radius 3 is 2.24 bits per heavy atom. The first-order valence-electron chi connectivity index (χ1n) is 9.36. The number of benzene rings is 2. The van der Waals surface area contributed by atoms with Crippen LogP contribution in [0.3, 0.4) is 0 Å². The lowest BCUT2D eigenvalue weighted by atomic mass is 10.1. The molecule has 0 fully saturated rings. The Bertz CT molecular complexity index is 915. The molecule has 0 spiro atoms. The van der Waals surface area contributed by atoms with Gasteiger partial charge < -0.3 is 10.1 Å². The van der Waals surface area contributed by atoms with Gasteiger partial charge in [-0.3, -0.25) is 9.10 Å². The Morgan fingerprint density at radius 1 is 1.14 bits per heavy atom. The number of carbonyl (C=O) groups excluding carboxylic acids is 1. The van der Waals surface area contributed by atoms with Crippen molar-refractivity contribution < 1.29 is 17.9 Å². The second kappa shape index (κ2) is 9.98. The number of ether oxygens (including phenoxy) is 1. The number of amides is 1. The van der Waals surface area contributed by atoms with Gasteiger partial charge in [-0.05, 0) is 56.7 Å². The van der Waals surface area contributed by atoms with Crippen molar-refractivity contribution in [3.8, 4) is 5.75 Å². The minimum Gasteiger partial charge on any atom is -0.491 e. The normalized spacial score (nSPS) is 13.4. The van der Waals surface area contributed by atoms with Crippen LogP contribution >= 0.6 is 11.6 Å². The molecule has 0 bridgehead atoms. The van der Waals surface area contributed by atoms with Crippen molar-refractivity contribution in [3.63, 3.8) is 0 Å². The topological polar surface area (TPSA) is 75.7 Å². The van der Waals surface area contributed by atoms with Gasteiger partial charge in [0.05, 0.1) is 18.0 Å². The molecule has 0 aliphatic rings. The highest BCUT2D eigenvalue weighted by Gasteiger charge is 2.32. The number of aryl methyl sites for hydroxylation is 1. The van der Waals surface area contributed by atoms with Crippen LogP contribution in [-0.2, 0) is 14.8 Å². The Balaban J connectivity index is 2.09. The maximum Gasteiger partial charge on any atom is 0.244 e. The van der Waals surface area contributed by atoms with Crippen LogP contribution in [0, 0.1) is 6.92 Å². The van der Waals surface area contributed by atoms with Crippen molar-refractivity contribution in [2.75, 3.05) is 17.2 Å². The smallest absolute Gasteiger partial charge is 0.244 e. The highest BCUT2D eigenvalue weighted by molar-refractivity contribution is 7.92. The molecule has 0 saturated heterocycles.